The molecule has 0 spiro atoms. The van der Waals surface area contributed by atoms with Crippen LogP contribution in [0.3, 0.4) is 0 Å². The molecule has 0 aromatic carbocycles. The first-order valence-electron chi connectivity index (χ1n) is 3.14. The lowest BCUT2D eigenvalue weighted by atomic mass is 10.2. The van der Waals surface area contributed by atoms with Crippen LogP contribution in [0.15, 0.2) is 23.1 Å². The molecule has 0 aliphatic heterocycles. The Morgan fingerprint density at radius 1 is 1.64 bits per heavy atom. The van der Waals surface area contributed by atoms with Crippen molar-refractivity contribution in [2.45, 2.75) is 0 Å². The van der Waals surface area contributed by atoms with Crippen molar-refractivity contribution < 1.29 is 4.79 Å². The molecule has 0 aliphatic carbocycles. The summed E-state index contributed by atoms with van der Waals surface area (Å²) in [6.07, 6.45) is 1.54. The Bertz CT molecular complexity index is 338. The lowest BCUT2D eigenvalue weighted by Gasteiger charge is -1.96. The first kappa shape index (κ1) is 7.72. The zero-order chi connectivity index (χ0) is 8.43. The van der Waals surface area contributed by atoms with Gasteiger partial charge in [-0.05, 0) is 6.07 Å². The minimum absolute atomic E-state index is 0.195. The summed E-state index contributed by atoms with van der Waals surface area (Å²) in [7, 11) is 1.62. The summed E-state index contributed by atoms with van der Waals surface area (Å²) in [5.74, 6) is -0.331. The summed E-state index contributed by atoms with van der Waals surface area (Å²) in [4.78, 5) is 21.6. The second-order valence-electron chi connectivity index (χ2n) is 2.29. The van der Waals surface area contributed by atoms with Crippen LogP contribution in [0.25, 0.3) is 0 Å². The Morgan fingerprint density at radius 3 is 2.73 bits per heavy atom. The maximum Gasteiger partial charge on any atom is 0.250 e. The summed E-state index contributed by atoms with van der Waals surface area (Å²) < 4.78 is 1.40. The third kappa shape index (κ3) is 1.55. The molecule has 0 aliphatic rings. The molecule has 1 rings (SSSR count). The minimum atomic E-state index is -0.331. The summed E-state index contributed by atoms with van der Waals surface area (Å²) in [6.45, 7) is 3.19. The molecular formula is C8H8NO2. The van der Waals surface area contributed by atoms with Crippen molar-refractivity contribution in [2.75, 3.05) is 0 Å². The standard InChI is InChI=1S/C8H8NO2/c1-6(10)7-3-4-9(2)8(11)5-7/h3-5H,1H2,2H3. The van der Waals surface area contributed by atoms with E-state index in [2.05, 4.69) is 6.92 Å². The average molecular weight is 150 g/mol. The van der Waals surface area contributed by atoms with Gasteiger partial charge in [0.15, 0.2) is 5.78 Å². The van der Waals surface area contributed by atoms with E-state index in [1.165, 1.54) is 10.6 Å². The largest absolute Gasteiger partial charge is 0.319 e. The average Bonchev–Trinajstić information content (AvgIpc) is 1.94. The fourth-order valence-electron chi connectivity index (χ4n) is 0.722. The van der Waals surface area contributed by atoms with E-state index in [9.17, 15) is 9.59 Å². The number of pyridine rings is 1. The van der Waals surface area contributed by atoms with E-state index < -0.39 is 0 Å². The minimum Gasteiger partial charge on any atom is -0.319 e. The van der Waals surface area contributed by atoms with Crippen LogP contribution >= 0.6 is 0 Å². The number of carbonyl (C=O) groups is 1. The molecule has 0 bridgehead atoms. The van der Waals surface area contributed by atoms with Gasteiger partial charge in [-0.15, -0.1) is 0 Å². The number of ketones is 1. The van der Waals surface area contributed by atoms with Crippen LogP contribution in [0.1, 0.15) is 10.4 Å². The highest BCUT2D eigenvalue weighted by Crippen LogP contribution is 1.93. The monoisotopic (exact) mass is 150 g/mol. The van der Waals surface area contributed by atoms with E-state index >= 15 is 0 Å². The topological polar surface area (TPSA) is 39.1 Å². The summed E-state index contributed by atoms with van der Waals surface area (Å²) in [6, 6.07) is 2.84. The highest BCUT2D eigenvalue weighted by Gasteiger charge is 1.99. The van der Waals surface area contributed by atoms with E-state index in [0.29, 0.717) is 5.56 Å². The second-order valence-corrected chi connectivity index (χ2v) is 2.29. The summed E-state index contributed by atoms with van der Waals surface area (Å²) in [5, 5.41) is 0. The molecule has 0 atom stereocenters. The molecule has 3 nitrogen and oxygen atoms in total. The first-order valence-corrected chi connectivity index (χ1v) is 3.14. The van der Waals surface area contributed by atoms with Crippen LogP contribution in [0, 0.1) is 6.92 Å². The predicted molar refractivity (Wildman–Crippen MR) is 41.4 cm³/mol. The van der Waals surface area contributed by atoms with Gasteiger partial charge in [-0.2, -0.15) is 0 Å². The summed E-state index contributed by atoms with van der Waals surface area (Å²) in [5.41, 5.74) is 0.160. The van der Waals surface area contributed by atoms with Gasteiger partial charge < -0.3 is 4.57 Å². The lowest BCUT2D eigenvalue weighted by Crippen LogP contribution is -2.16. The van der Waals surface area contributed by atoms with Gasteiger partial charge in [0.2, 0.25) is 0 Å². The van der Waals surface area contributed by atoms with Gasteiger partial charge in [0.1, 0.15) is 0 Å². The normalized spacial score (nSPS) is 9.64. The smallest absolute Gasteiger partial charge is 0.250 e. The van der Waals surface area contributed by atoms with Crippen LogP contribution in [0.4, 0.5) is 0 Å². The van der Waals surface area contributed by atoms with Crippen molar-refractivity contribution in [3.05, 3.63) is 41.2 Å². The second kappa shape index (κ2) is 2.70. The zero-order valence-electron chi connectivity index (χ0n) is 6.20. The van der Waals surface area contributed by atoms with Gasteiger partial charge in [-0.1, -0.05) is 0 Å². The molecule has 1 radical (unpaired) electrons. The molecule has 3 heteroatoms. The highest BCUT2D eigenvalue weighted by molar-refractivity contribution is 5.99. The van der Waals surface area contributed by atoms with E-state index in [1.54, 1.807) is 19.3 Å². The molecule has 57 valence electrons. The molecule has 1 heterocycles. The highest BCUT2D eigenvalue weighted by atomic mass is 16.1. The van der Waals surface area contributed by atoms with Gasteiger partial charge in [-0.25, -0.2) is 0 Å². The van der Waals surface area contributed by atoms with E-state index in [4.69, 9.17) is 0 Å². The van der Waals surface area contributed by atoms with Gasteiger partial charge in [0, 0.05) is 31.8 Å². The van der Waals surface area contributed by atoms with Crippen molar-refractivity contribution in [2.24, 2.45) is 7.05 Å². The molecule has 0 amide bonds. The molecular weight excluding hydrogens is 142 g/mol. The van der Waals surface area contributed by atoms with Crippen LogP contribution < -0.4 is 5.56 Å². The molecule has 0 N–H and O–H groups in total. The van der Waals surface area contributed by atoms with Gasteiger partial charge in [0.25, 0.3) is 5.56 Å². The fourth-order valence-corrected chi connectivity index (χ4v) is 0.722. The Balaban J connectivity index is 3.26. The van der Waals surface area contributed by atoms with E-state index in [0.717, 1.165) is 0 Å². The van der Waals surface area contributed by atoms with Crippen LogP contribution in [0.2, 0.25) is 0 Å². The zero-order valence-corrected chi connectivity index (χ0v) is 6.20. The SMILES string of the molecule is [CH2]C(=O)c1ccn(C)c(=O)c1. The number of Topliss-reactive ketones (excluding diaryl/α,β-unsaturated/α-hetero) is 1. The van der Waals surface area contributed by atoms with E-state index in [1.807, 2.05) is 0 Å². The van der Waals surface area contributed by atoms with Crippen LogP contribution in [-0.4, -0.2) is 10.4 Å². The predicted octanol–water partition coefficient (Wildman–Crippen LogP) is 0.402. The van der Waals surface area contributed by atoms with Gasteiger partial charge >= 0.3 is 0 Å². The lowest BCUT2D eigenvalue weighted by molar-refractivity contribution is 0.104. The first-order chi connectivity index (χ1) is 5.11. The quantitative estimate of drug-likeness (QED) is 0.543. The number of carbonyl (C=O) groups excluding carboxylic acids is 1. The number of rotatable bonds is 1. The number of aromatic nitrogens is 1. The molecule has 1 aromatic heterocycles. The van der Waals surface area contributed by atoms with Crippen molar-refractivity contribution in [3.8, 4) is 0 Å². The van der Waals surface area contributed by atoms with E-state index in [-0.39, 0.29) is 11.3 Å². The molecule has 0 saturated heterocycles. The number of aryl methyl sites for hydroxylation is 1. The molecule has 11 heavy (non-hydrogen) atoms. The number of nitrogens with zero attached hydrogens (tertiary/aromatic N) is 1. The third-order valence-electron chi connectivity index (χ3n) is 1.43. The number of hydrogen-bond donors (Lipinski definition) is 0. The van der Waals surface area contributed by atoms with Crippen molar-refractivity contribution in [1.29, 1.82) is 0 Å². The fraction of sp³-hybridized carbons (Fsp3) is 0.125. The molecule has 0 fully saturated rings. The Labute approximate surface area is 64.3 Å². The molecule has 1 aromatic rings. The van der Waals surface area contributed by atoms with Crippen molar-refractivity contribution in [3.63, 3.8) is 0 Å². The number of hydrogen-bond acceptors (Lipinski definition) is 2. The van der Waals surface area contributed by atoms with Crippen molar-refractivity contribution >= 4 is 5.78 Å². The third-order valence-corrected chi connectivity index (χ3v) is 1.43. The molecule has 0 unspecified atom stereocenters. The Morgan fingerprint density at radius 2 is 2.27 bits per heavy atom. The van der Waals surface area contributed by atoms with Crippen molar-refractivity contribution in [1.82, 2.24) is 4.57 Å². The maximum absolute atomic E-state index is 10.9. The Hall–Kier alpha value is -1.38. The van der Waals surface area contributed by atoms with Crippen LogP contribution in [0.5, 0.6) is 0 Å². The van der Waals surface area contributed by atoms with Gasteiger partial charge in [0.05, 0.1) is 0 Å². The van der Waals surface area contributed by atoms with Gasteiger partial charge in [-0.3, -0.25) is 9.59 Å². The molecule has 0 saturated carbocycles. The Kier molecular flexibility index (Phi) is 1.89. The van der Waals surface area contributed by atoms with Crippen LogP contribution in [-0.2, 0) is 7.05 Å². The summed E-state index contributed by atoms with van der Waals surface area (Å²) >= 11 is 0. The maximum atomic E-state index is 10.9.